The van der Waals surface area contributed by atoms with Gasteiger partial charge in [0.25, 0.3) is 0 Å². The number of hydrogen-bond acceptors (Lipinski definition) is 2. The lowest BCUT2D eigenvalue weighted by Crippen LogP contribution is -2.49. The Morgan fingerprint density at radius 3 is 2.70 bits per heavy atom. The van der Waals surface area contributed by atoms with Crippen molar-refractivity contribution < 1.29 is 9.59 Å². The molecule has 0 saturated carbocycles. The van der Waals surface area contributed by atoms with Crippen molar-refractivity contribution in [3.63, 3.8) is 0 Å². The third kappa shape index (κ3) is 3.31. The number of likely N-dealkylation sites (tertiary alicyclic amines) is 1. The zero-order chi connectivity index (χ0) is 14.7. The minimum Gasteiger partial charge on any atom is -0.369 e. The average Bonchev–Trinajstić information content (AvgIpc) is 2.41. The highest BCUT2D eigenvalue weighted by molar-refractivity contribution is 6.31. The van der Waals surface area contributed by atoms with E-state index < -0.39 is 0 Å². The molecular formula is C15H19ClN2O2. The number of rotatable bonds is 3. The van der Waals surface area contributed by atoms with Crippen LogP contribution in [0.5, 0.6) is 0 Å². The highest BCUT2D eigenvalue weighted by atomic mass is 35.5. The van der Waals surface area contributed by atoms with E-state index in [1.807, 2.05) is 25.1 Å². The number of hydrogen-bond donors (Lipinski definition) is 1. The van der Waals surface area contributed by atoms with Gasteiger partial charge in [-0.3, -0.25) is 9.59 Å². The zero-order valence-corrected chi connectivity index (χ0v) is 12.3. The largest absolute Gasteiger partial charge is 0.369 e. The maximum atomic E-state index is 12.4. The van der Waals surface area contributed by atoms with E-state index >= 15 is 0 Å². The summed E-state index contributed by atoms with van der Waals surface area (Å²) in [5.74, 6) is -0.564. The first-order valence-electron chi connectivity index (χ1n) is 6.81. The van der Waals surface area contributed by atoms with Crippen molar-refractivity contribution in [2.45, 2.75) is 32.2 Å². The SMILES string of the molecule is C[C@H]1CC[C@@H](C(N)=O)CN1C(=O)Cc1ccccc1Cl. The van der Waals surface area contributed by atoms with Crippen LogP contribution in [0.1, 0.15) is 25.3 Å². The van der Waals surface area contributed by atoms with Crippen LogP contribution in [0.15, 0.2) is 24.3 Å². The Bertz CT molecular complexity index is 518. The molecule has 5 heteroatoms. The fourth-order valence-electron chi connectivity index (χ4n) is 2.59. The Morgan fingerprint density at radius 1 is 1.35 bits per heavy atom. The number of piperidine rings is 1. The molecule has 0 bridgehead atoms. The molecule has 1 saturated heterocycles. The molecule has 0 radical (unpaired) electrons. The van der Waals surface area contributed by atoms with E-state index in [0.29, 0.717) is 11.6 Å². The lowest BCUT2D eigenvalue weighted by atomic mass is 9.92. The van der Waals surface area contributed by atoms with E-state index in [0.717, 1.165) is 18.4 Å². The van der Waals surface area contributed by atoms with Crippen molar-refractivity contribution >= 4 is 23.4 Å². The molecular weight excluding hydrogens is 276 g/mol. The smallest absolute Gasteiger partial charge is 0.227 e. The molecule has 0 aliphatic carbocycles. The van der Waals surface area contributed by atoms with Crippen molar-refractivity contribution in [3.05, 3.63) is 34.9 Å². The first-order valence-corrected chi connectivity index (χ1v) is 7.19. The molecule has 1 aromatic carbocycles. The van der Waals surface area contributed by atoms with Crippen LogP contribution in [0.25, 0.3) is 0 Å². The Morgan fingerprint density at radius 2 is 2.05 bits per heavy atom. The number of benzene rings is 1. The summed E-state index contributed by atoms with van der Waals surface area (Å²) in [6, 6.07) is 7.46. The lowest BCUT2D eigenvalue weighted by Gasteiger charge is -2.37. The van der Waals surface area contributed by atoms with Gasteiger partial charge in [-0.2, -0.15) is 0 Å². The third-order valence-corrected chi connectivity index (χ3v) is 4.27. The average molecular weight is 295 g/mol. The molecule has 2 N–H and O–H groups in total. The van der Waals surface area contributed by atoms with Crippen LogP contribution in [-0.4, -0.2) is 29.3 Å². The number of nitrogens with two attached hydrogens (primary N) is 1. The molecule has 2 atom stereocenters. The van der Waals surface area contributed by atoms with Gasteiger partial charge >= 0.3 is 0 Å². The van der Waals surface area contributed by atoms with Crippen LogP contribution in [0, 0.1) is 5.92 Å². The molecule has 0 unspecified atom stereocenters. The molecule has 4 nitrogen and oxygen atoms in total. The Hall–Kier alpha value is -1.55. The number of amides is 2. The Balaban J connectivity index is 2.07. The summed E-state index contributed by atoms with van der Waals surface area (Å²) < 4.78 is 0. The normalized spacial score (nSPS) is 22.6. The van der Waals surface area contributed by atoms with Gasteiger partial charge in [0.2, 0.25) is 11.8 Å². The number of carbonyl (C=O) groups excluding carboxylic acids is 2. The summed E-state index contributed by atoms with van der Waals surface area (Å²) in [5, 5.41) is 0.594. The molecule has 108 valence electrons. The second-order valence-corrected chi connectivity index (χ2v) is 5.75. The van der Waals surface area contributed by atoms with Gasteiger partial charge in [-0.1, -0.05) is 29.8 Å². The zero-order valence-electron chi connectivity index (χ0n) is 11.5. The van der Waals surface area contributed by atoms with Crippen molar-refractivity contribution in [2.75, 3.05) is 6.54 Å². The first-order chi connectivity index (χ1) is 9.49. The second kappa shape index (κ2) is 6.27. The van der Waals surface area contributed by atoms with Crippen molar-refractivity contribution in [3.8, 4) is 0 Å². The van der Waals surface area contributed by atoms with Gasteiger partial charge in [0.1, 0.15) is 0 Å². The van der Waals surface area contributed by atoms with Gasteiger partial charge in [-0.15, -0.1) is 0 Å². The maximum Gasteiger partial charge on any atom is 0.227 e. The van der Waals surface area contributed by atoms with Gasteiger partial charge in [-0.25, -0.2) is 0 Å². The molecule has 1 fully saturated rings. The minimum atomic E-state index is -0.326. The second-order valence-electron chi connectivity index (χ2n) is 5.34. The summed E-state index contributed by atoms with van der Waals surface area (Å²) in [6.45, 7) is 2.42. The fourth-order valence-corrected chi connectivity index (χ4v) is 2.80. The predicted octanol–water partition coefficient (Wildman–Crippen LogP) is 1.99. The van der Waals surface area contributed by atoms with Crippen molar-refractivity contribution in [1.82, 2.24) is 4.90 Å². The van der Waals surface area contributed by atoms with Gasteiger partial charge in [0.15, 0.2) is 0 Å². The first kappa shape index (κ1) is 14.9. The number of carbonyl (C=O) groups is 2. The highest BCUT2D eigenvalue weighted by Crippen LogP contribution is 2.23. The molecule has 20 heavy (non-hydrogen) atoms. The molecule has 1 aliphatic rings. The van der Waals surface area contributed by atoms with E-state index in [9.17, 15) is 9.59 Å². The maximum absolute atomic E-state index is 12.4. The summed E-state index contributed by atoms with van der Waals surface area (Å²) in [4.78, 5) is 25.5. The quantitative estimate of drug-likeness (QED) is 0.926. The standard InChI is InChI=1S/C15H19ClN2O2/c1-10-6-7-12(15(17)20)9-18(10)14(19)8-11-4-2-3-5-13(11)16/h2-5,10,12H,6-9H2,1H3,(H2,17,20)/t10-,12+/m0/s1. The van der Waals surface area contributed by atoms with E-state index in [1.165, 1.54) is 0 Å². The van der Waals surface area contributed by atoms with Crippen molar-refractivity contribution in [2.24, 2.45) is 11.7 Å². The number of primary amides is 1. The molecule has 1 aliphatic heterocycles. The summed E-state index contributed by atoms with van der Waals surface area (Å²) in [7, 11) is 0. The van der Waals surface area contributed by atoms with E-state index in [2.05, 4.69) is 0 Å². The van der Waals surface area contributed by atoms with Crippen LogP contribution < -0.4 is 5.73 Å². The highest BCUT2D eigenvalue weighted by Gasteiger charge is 2.31. The summed E-state index contributed by atoms with van der Waals surface area (Å²) in [5.41, 5.74) is 6.17. The minimum absolute atomic E-state index is 0.00319. The molecule has 2 rings (SSSR count). The van der Waals surface area contributed by atoms with Gasteiger partial charge in [-0.05, 0) is 31.4 Å². The number of halogens is 1. The molecule has 0 spiro atoms. The third-order valence-electron chi connectivity index (χ3n) is 3.90. The predicted molar refractivity (Wildman–Crippen MR) is 78.2 cm³/mol. The van der Waals surface area contributed by atoms with Crippen molar-refractivity contribution in [1.29, 1.82) is 0 Å². The summed E-state index contributed by atoms with van der Waals surface area (Å²) in [6.07, 6.45) is 1.82. The lowest BCUT2D eigenvalue weighted by molar-refractivity contribution is -0.136. The van der Waals surface area contributed by atoms with Gasteiger partial charge in [0, 0.05) is 17.6 Å². The Kier molecular flexibility index (Phi) is 4.65. The van der Waals surface area contributed by atoms with Crippen LogP contribution in [-0.2, 0) is 16.0 Å². The molecule has 1 aromatic rings. The topological polar surface area (TPSA) is 63.4 Å². The number of nitrogens with zero attached hydrogens (tertiary/aromatic N) is 1. The van der Waals surface area contributed by atoms with Crippen LogP contribution >= 0.6 is 11.6 Å². The fraction of sp³-hybridized carbons (Fsp3) is 0.467. The van der Waals surface area contributed by atoms with E-state index in [4.69, 9.17) is 17.3 Å². The molecule has 1 heterocycles. The molecule has 2 amide bonds. The molecule has 0 aromatic heterocycles. The summed E-state index contributed by atoms with van der Waals surface area (Å²) >= 11 is 6.08. The van der Waals surface area contributed by atoms with Gasteiger partial charge in [0.05, 0.1) is 12.3 Å². The van der Waals surface area contributed by atoms with Crippen LogP contribution in [0.4, 0.5) is 0 Å². The van der Waals surface area contributed by atoms with E-state index in [1.54, 1.807) is 11.0 Å². The van der Waals surface area contributed by atoms with Gasteiger partial charge < -0.3 is 10.6 Å². The van der Waals surface area contributed by atoms with Crippen LogP contribution in [0.2, 0.25) is 5.02 Å². The van der Waals surface area contributed by atoms with E-state index in [-0.39, 0.29) is 30.2 Å². The monoisotopic (exact) mass is 294 g/mol. The van der Waals surface area contributed by atoms with Crippen LogP contribution in [0.3, 0.4) is 0 Å². The Labute approximate surface area is 123 Å².